The highest BCUT2D eigenvalue weighted by Gasteiger charge is 2.20. The van der Waals surface area contributed by atoms with Crippen molar-refractivity contribution in [2.45, 2.75) is 0 Å². The molecule has 0 spiro atoms. The van der Waals surface area contributed by atoms with Crippen molar-refractivity contribution in [3.8, 4) is 0 Å². The fourth-order valence-corrected chi connectivity index (χ4v) is 3.45. The molecule has 0 radical (unpaired) electrons. The predicted molar refractivity (Wildman–Crippen MR) is 138 cm³/mol. The zero-order valence-corrected chi connectivity index (χ0v) is 20.2. The van der Waals surface area contributed by atoms with E-state index in [1.165, 1.54) is 43.9 Å². The van der Waals surface area contributed by atoms with Gasteiger partial charge in [0, 0.05) is 50.9 Å². The number of aromatic carboxylic acids is 2. The third-order valence-corrected chi connectivity index (χ3v) is 5.78. The van der Waals surface area contributed by atoms with Crippen LogP contribution in [0.3, 0.4) is 0 Å². The van der Waals surface area contributed by atoms with Crippen LogP contribution in [0.1, 0.15) is 20.7 Å². The average molecular weight is 491 g/mol. The summed E-state index contributed by atoms with van der Waals surface area (Å²) in [5, 5.41) is 18.1. The second kappa shape index (κ2) is 10.6. The standard InChI is InChI=1S/C26H26N4O6/c1-27(19-9-5-17(6-10-19)23(31)32)25(35)29(3)21-13-15-22(16-14-21)30(4)26(36)28(2)20-11-7-18(8-12-20)24(33)34/h5-16H,1-4H3,(H,31,32)(H,33,34). The summed E-state index contributed by atoms with van der Waals surface area (Å²) in [6.45, 7) is 0. The summed E-state index contributed by atoms with van der Waals surface area (Å²) in [6, 6.07) is 18.1. The minimum atomic E-state index is -1.04. The molecule has 2 N–H and O–H groups in total. The largest absolute Gasteiger partial charge is 0.478 e. The molecule has 0 saturated carbocycles. The molecule has 10 heteroatoms. The number of anilines is 4. The molecule has 0 heterocycles. The number of nitrogens with zero attached hydrogens (tertiary/aromatic N) is 4. The fourth-order valence-electron chi connectivity index (χ4n) is 3.45. The first-order chi connectivity index (χ1) is 17.0. The minimum Gasteiger partial charge on any atom is -0.478 e. The number of urea groups is 2. The van der Waals surface area contributed by atoms with E-state index < -0.39 is 11.9 Å². The van der Waals surface area contributed by atoms with E-state index in [1.54, 1.807) is 76.7 Å². The van der Waals surface area contributed by atoms with Gasteiger partial charge >= 0.3 is 24.0 Å². The van der Waals surface area contributed by atoms with Crippen LogP contribution in [-0.4, -0.2) is 62.4 Å². The fraction of sp³-hybridized carbons (Fsp3) is 0.154. The Kier molecular flexibility index (Phi) is 7.58. The number of rotatable bonds is 6. The number of carboxylic acid groups (broad SMARTS) is 2. The predicted octanol–water partition coefficient (Wildman–Crippen LogP) is 4.47. The molecule has 0 atom stereocenters. The molecule has 0 saturated heterocycles. The van der Waals surface area contributed by atoms with Gasteiger partial charge in [-0.25, -0.2) is 19.2 Å². The maximum Gasteiger partial charge on any atom is 0.335 e. The van der Waals surface area contributed by atoms with Crippen LogP contribution in [0.4, 0.5) is 32.3 Å². The van der Waals surface area contributed by atoms with Gasteiger partial charge in [0.25, 0.3) is 0 Å². The van der Waals surface area contributed by atoms with Crippen LogP contribution in [0.15, 0.2) is 72.8 Å². The van der Waals surface area contributed by atoms with Crippen molar-refractivity contribution in [1.29, 1.82) is 0 Å². The normalized spacial score (nSPS) is 10.3. The molecule has 0 aliphatic rings. The molecule has 10 nitrogen and oxygen atoms in total. The van der Waals surface area contributed by atoms with E-state index in [1.807, 2.05) is 0 Å². The lowest BCUT2D eigenvalue weighted by atomic mass is 10.2. The van der Waals surface area contributed by atoms with Crippen molar-refractivity contribution in [2.75, 3.05) is 47.8 Å². The minimum absolute atomic E-state index is 0.130. The maximum absolute atomic E-state index is 12.9. The van der Waals surface area contributed by atoms with Crippen molar-refractivity contribution in [2.24, 2.45) is 0 Å². The van der Waals surface area contributed by atoms with Gasteiger partial charge in [-0.05, 0) is 72.8 Å². The highest BCUT2D eigenvalue weighted by atomic mass is 16.4. The number of hydrogen-bond donors (Lipinski definition) is 2. The molecule has 36 heavy (non-hydrogen) atoms. The van der Waals surface area contributed by atoms with Crippen molar-refractivity contribution in [3.05, 3.63) is 83.9 Å². The van der Waals surface area contributed by atoms with Gasteiger partial charge in [-0.15, -0.1) is 0 Å². The first kappa shape index (κ1) is 25.8. The summed E-state index contributed by atoms with van der Waals surface area (Å²) < 4.78 is 0. The van der Waals surface area contributed by atoms with Gasteiger partial charge < -0.3 is 10.2 Å². The lowest BCUT2D eigenvalue weighted by Gasteiger charge is -2.27. The molecule has 0 unspecified atom stereocenters. The summed E-state index contributed by atoms with van der Waals surface area (Å²) in [5.74, 6) is -2.09. The SMILES string of the molecule is CN(C(=O)N(C)c1ccc(N(C)C(=O)N(C)c2ccc(C(=O)O)cc2)cc1)c1ccc(C(=O)O)cc1. The molecule has 0 aromatic heterocycles. The Morgan fingerprint density at radius 3 is 0.833 bits per heavy atom. The van der Waals surface area contributed by atoms with Crippen LogP contribution in [-0.2, 0) is 0 Å². The van der Waals surface area contributed by atoms with Crippen molar-refractivity contribution in [1.82, 2.24) is 0 Å². The summed E-state index contributed by atoms with van der Waals surface area (Å²) in [7, 11) is 6.41. The van der Waals surface area contributed by atoms with E-state index in [0.29, 0.717) is 22.7 Å². The zero-order valence-electron chi connectivity index (χ0n) is 20.2. The van der Waals surface area contributed by atoms with Crippen molar-refractivity contribution in [3.63, 3.8) is 0 Å². The molecule has 3 rings (SSSR count). The lowest BCUT2D eigenvalue weighted by Crippen LogP contribution is -2.39. The molecule has 3 aromatic carbocycles. The molecule has 4 amide bonds. The Bertz CT molecular complexity index is 1170. The van der Waals surface area contributed by atoms with E-state index in [0.717, 1.165) is 0 Å². The van der Waals surface area contributed by atoms with Gasteiger partial charge in [-0.3, -0.25) is 19.6 Å². The number of benzene rings is 3. The van der Waals surface area contributed by atoms with Gasteiger partial charge in [0.1, 0.15) is 0 Å². The van der Waals surface area contributed by atoms with Crippen molar-refractivity contribution < 1.29 is 29.4 Å². The maximum atomic E-state index is 12.9. The summed E-state index contributed by atoms with van der Waals surface area (Å²) >= 11 is 0. The van der Waals surface area contributed by atoms with Gasteiger partial charge in [-0.2, -0.15) is 0 Å². The Balaban J connectivity index is 1.69. The molecule has 3 aromatic rings. The first-order valence-electron chi connectivity index (χ1n) is 10.8. The van der Waals surface area contributed by atoms with E-state index in [4.69, 9.17) is 10.2 Å². The third kappa shape index (κ3) is 5.44. The number of amides is 4. The molecular formula is C26H26N4O6. The Labute approximate surface area is 208 Å². The van der Waals surface area contributed by atoms with Crippen LogP contribution < -0.4 is 19.6 Å². The van der Waals surface area contributed by atoms with Crippen LogP contribution >= 0.6 is 0 Å². The Morgan fingerprint density at radius 1 is 0.444 bits per heavy atom. The highest BCUT2D eigenvalue weighted by Crippen LogP contribution is 2.24. The first-order valence-corrected chi connectivity index (χ1v) is 10.8. The smallest absolute Gasteiger partial charge is 0.335 e. The monoisotopic (exact) mass is 490 g/mol. The van der Waals surface area contributed by atoms with E-state index in [2.05, 4.69) is 0 Å². The zero-order chi connectivity index (χ0) is 26.6. The molecule has 0 fully saturated rings. The number of carboxylic acids is 2. The number of carbonyl (C=O) groups is 4. The summed E-state index contributed by atoms with van der Waals surface area (Å²) in [5.41, 5.74) is 2.53. The van der Waals surface area contributed by atoms with E-state index in [-0.39, 0.29) is 23.2 Å². The molecular weight excluding hydrogens is 464 g/mol. The van der Waals surface area contributed by atoms with Gasteiger partial charge in [-0.1, -0.05) is 0 Å². The summed E-state index contributed by atoms with van der Waals surface area (Å²) in [4.78, 5) is 53.6. The Hall–Kier alpha value is -4.86. The molecule has 0 aliphatic heterocycles. The molecule has 186 valence electrons. The van der Waals surface area contributed by atoms with Crippen LogP contribution in [0, 0.1) is 0 Å². The second-order valence-corrected chi connectivity index (χ2v) is 8.02. The number of hydrogen-bond acceptors (Lipinski definition) is 4. The topological polar surface area (TPSA) is 122 Å². The molecule has 0 aliphatic carbocycles. The quantitative estimate of drug-likeness (QED) is 0.526. The van der Waals surface area contributed by atoms with Crippen molar-refractivity contribution >= 4 is 46.8 Å². The molecule has 0 bridgehead atoms. The van der Waals surface area contributed by atoms with E-state index in [9.17, 15) is 19.2 Å². The van der Waals surface area contributed by atoms with E-state index >= 15 is 0 Å². The third-order valence-electron chi connectivity index (χ3n) is 5.78. The van der Waals surface area contributed by atoms with Crippen LogP contribution in [0.25, 0.3) is 0 Å². The van der Waals surface area contributed by atoms with Crippen LogP contribution in [0.2, 0.25) is 0 Å². The highest BCUT2D eigenvalue weighted by molar-refractivity contribution is 6.05. The lowest BCUT2D eigenvalue weighted by molar-refractivity contribution is 0.0686. The Morgan fingerprint density at radius 2 is 0.639 bits per heavy atom. The second-order valence-electron chi connectivity index (χ2n) is 8.02. The van der Waals surface area contributed by atoms with Gasteiger partial charge in [0.15, 0.2) is 0 Å². The summed E-state index contributed by atoms with van der Waals surface area (Å²) in [6.07, 6.45) is 0. The number of carbonyl (C=O) groups excluding carboxylic acids is 2. The van der Waals surface area contributed by atoms with Gasteiger partial charge in [0.2, 0.25) is 0 Å². The van der Waals surface area contributed by atoms with Gasteiger partial charge in [0.05, 0.1) is 11.1 Å². The van der Waals surface area contributed by atoms with Crippen LogP contribution in [0.5, 0.6) is 0 Å². The average Bonchev–Trinajstić information content (AvgIpc) is 2.90.